The molecule has 0 amide bonds. The van der Waals surface area contributed by atoms with Crippen LogP contribution in [0.4, 0.5) is 0 Å². The summed E-state index contributed by atoms with van der Waals surface area (Å²) in [6.07, 6.45) is 1.34. The number of rotatable bonds is 3. The van der Waals surface area contributed by atoms with Crippen molar-refractivity contribution in [2.24, 2.45) is 21.7 Å². The Kier molecular flexibility index (Phi) is 7.12. The van der Waals surface area contributed by atoms with Gasteiger partial charge in [0.25, 0.3) is 5.97 Å². The Bertz CT molecular complexity index is 478. The molecular formula is C11H16N4O4. The predicted molar refractivity (Wildman–Crippen MR) is 71.4 cm³/mol. The Balaban J connectivity index is 0.000000711. The molecule has 0 fully saturated rings. The zero-order chi connectivity index (χ0) is 14.8. The van der Waals surface area contributed by atoms with Crippen molar-refractivity contribution in [1.82, 2.24) is 0 Å². The number of nitrogens with zero attached hydrogens (tertiary/aromatic N) is 2. The van der Waals surface area contributed by atoms with Gasteiger partial charge in [0, 0.05) is 18.6 Å². The maximum Gasteiger partial charge on any atom is 0.300 e. The molecule has 0 spiro atoms. The van der Waals surface area contributed by atoms with Gasteiger partial charge in [0.1, 0.15) is 11.5 Å². The minimum Gasteiger partial charge on any atom is -0.507 e. The lowest BCUT2D eigenvalue weighted by Crippen LogP contribution is -2.21. The van der Waals surface area contributed by atoms with Gasteiger partial charge in [-0.2, -0.15) is 5.10 Å². The Morgan fingerprint density at radius 2 is 2.00 bits per heavy atom. The molecule has 0 radical (unpaired) electrons. The fraction of sp³-hybridized carbons (Fsp3) is 0.182. The quantitative estimate of drug-likeness (QED) is 0.347. The third-order valence-corrected chi connectivity index (χ3v) is 1.61. The number of guanidine groups is 1. The van der Waals surface area contributed by atoms with Crippen LogP contribution in [0, 0.1) is 0 Å². The van der Waals surface area contributed by atoms with Crippen molar-refractivity contribution in [3.63, 3.8) is 0 Å². The highest BCUT2D eigenvalue weighted by atomic mass is 16.5. The summed E-state index contributed by atoms with van der Waals surface area (Å²) in [5, 5.41) is 23.9. The molecule has 6 N–H and O–H groups in total. The summed E-state index contributed by atoms with van der Waals surface area (Å²) in [5.74, 6) is -0.366. The molecular weight excluding hydrogens is 252 g/mol. The minimum atomic E-state index is -0.833. The van der Waals surface area contributed by atoms with Crippen LogP contribution in [-0.2, 0) is 4.79 Å². The molecule has 0 saturated carbocycles. The van der Waals surface area contributed by atoms with Crippen LogP contribution in [0.5, 0.6) is 11.5 Å². The molecule has 0 bridgehead atoms. The molecule has 8 nitrogen and oxygen atoms in total. The number of aromatic hydroxyl groups is 1. The van der Waals surface area contributed by atoms with Gasteiger partial charge >= 0.3 is 0 Å². The van der Waals surface area contributed by atoms with Gasteiger partial charge in [-0.3, -0.25) is 4.79 Å². The number of carboxylic acids is 1. The maximum absolute atomic E-state index is 9.51. The van der Waals surface area contributed by atoms with Crippen molar-refractivity contribution in [2.75, 3.05) is 7.11 Å². The normalized spacial score (nSPS) is 9.37. The molecule has 0 aliphatic heterocycles. The summed E-state index contributed by atoms with van der Waals surface area (Å²) < 4.78 is 4.92. The van der Waals surface area contributed by atoms with Crippen LogP contribution in [0.25, 0.3) is 0 Å². The highest BCUT2D eigenvalue weighted by molar-refractivity contribution is 5.84. The van der Waals surface area contributed by atoms with E-state index < -0.39 is 5.97 Å². The van der Waals surface area contributed by atoms with Crippen LogP contribution in [0.2, 0.25) is 0 Å². The summed E-state index contributed by atoms with van der Waals surface area (Å²) in [6.45, 7) is 1.08. The molecule has 0 heterocycles. The Hall–Kier alpha value is -2.77. The van der Waals surface area contributed by atoms with Gasteiger partial charge < -0.3 is 26.4 Å². The van der Waals surface area contributed by atoms with Crippen molar-refractivity contribution in [2.45, 2.75) is 6.92 Å². The van der Waals surface area contributed by atoms with E-state index in [0.717, 1.165) is 6.92 Å². The summed E-state index contributed by atoms with van der Waals surface area (Å²) in [6, 6.07) is 4.80. The largest absolute Gasteiger partial charge is 0.507 e. The lowest BCUT2D eigenvalue weighted by Gasteiger charge is -2.01. The van der Waals surface area contributed by atoms with Gasteiger partial charge in [-0.1, -0.05) is 0 Å². The number of carbonyl (C=O) groups is 1. The van der Waals surface area contributed by atoms with Crippen molar-refractivity contribution in [3.8, 4) is 11.5 Å². The number of ether oxygens (including phenoxy) is 1. The van der Waals surface area contributed by atoms with E-state index in [9.17, 15) is 5.11 Å². The number of methoxy groups -OCH3 is 1. The molecule has 1 aromatic carbocycles. The minimum absolute atomic E-state index is 0.0453. The Labute approximate surface area is 110 Å². The summed E-state index contributed by atoms with van der Waals surface area (Å²) in [7, 11) is 1.52. The van der Waals surface area contributed by atoms with Crippen LogP contribution in [0.15, 0.2) is 28.4 Å². The van der Waals surface area contributed by atoms with Crippen LogP contribution in [0.1, 0.15) is 12.5 Å². The number of hydrogen-bond donors (Lipinski definition) is 4. The number of phenols is 1. The van der Waals surface area contributed by atoms with E-state index in [1.54, 1.807) is 12.1 Å². The SMILES string of the molecule is CC(=O)O.COc1ccc(/C=N/N=C(N)N)c(O)c1. The molecule has 104 valence electrons. The molecule has 8 heteroatoms. The van der Waals surface area contributed by atoms with Crippen LogP contribution in [-0.4, -0.2) is 35.5 Å². The monoisotopic (exact) mass is 268 g/mol. The van der Waals surface area contributed by atoms with E-state index in [-0.39, 0.29) is 11.7 Å². The third kappa shape index (κ3) is 8.02. The van der Waals surface area contributed by atoms with Crippen LogP contribution >= 0.6 is 0 Å². The summed E-state index contributed by atoms with van der Waals surface area (Å²) in [4.78, 5) is 9.00. The van der Waals surface area contributed by atoms with Gasteiger partial charge in [0.2, 0.25) is 5.96 Å². The lowest BCUT2D eigenvalue weighted by atomic mass is 10.2. The van der Waals surface area contributed by atoms with E-state index in [0.29, 0.717) is 11.3 Å². The van der Waals surface area contributed by atoms with E-state index in [4.69, 9.17) is 26.1 Å². The Morgan fingerprint density at radius 3 is 2.42 bits per heavy atom. The second-order valence-electron chi connectivity index (χ2n) is 3.21. The average Bonchev–Trinajstić information content (AvgIpc) is 2.30. The van der Waals surface area contributed by atoms with Crippen molar-refractivity contribution in [3.05, 3.63) is 23.8 Å². The standard InChI is InChI=1S/C9H12N4O2.C2H4O2/c1-15-7-3-2-6(8(14)4-7)5-12-13-9(10)11;1-2(3)4/h2-5,14H,1H3,(H4,10,11,13);1H3,(H,3,4)/b12-5+;. The van der Waals surface area contributed by atoms with E-state index in [2.05, 4.69) is 10.2 Å². The number of aliphatic carboxylic acids is 1. The lowest BCUT2D eigenvalue weighted by molar-refractivity contribution is -0.134. The summed E-state index contributed by atoms with van der Waals surface area (Å²) >= 11 is 0. The Morgan fingerprint density at radius 1 is 1.42 bits per heavy atom. The van der Waals surface area contributed by atoms with Crippen LogP contribution in [0.3, 0.4) is 0 Å². The van der Waals surface area contributed by atoms with Gasteiger partial charge in [-0.15, -0.1) is 5.10 Å². The maximum atomic E-state index is 9.51. The fourth-order valence-electron chi connectivity index (χ4n) is 0.917. The zero-order valence-electron chi connectivity index (χ0n) is 10.6. The number of carboxylic acid groups (broad SMARTS) is 1. The molecule has 0 saturated heterocycles. The molecule has 1 aromatic rings. The second kappa shape index (κ2) is 8.34. The third-order valence-electron chi connectivity index (χ3n) is 1.61. The van der Waals surface area contributed by atoms with Gasteiger partial charge in [0.15, 0.2) is 0 Å². The molecule has 19 heavy (non-hydrogen) atoms. The zero-order valence-corrected chi connectivity index (χ0v) is 10.6. The van der Waals surface area contributed by atoms with Crippen LogP contribution < -0.4 is 16.2 Å². The van der Waals surface area contributed by atoms with E-state index >= 15 is 0 Å². The fourth-order valence-corrected chi connectivity index (χ4v) is 0.917. The number of hydrogen-bond acceptors (Lipinski definition) is 5. The highest BCUT2D eigenvalue weighted by Gasteiger charge is 1.99. The van der Waals surface area contributed by atoms with Crippen molar-refractivity contribution < 1.29 is 19.7 Å². The predicted octanol–water partition coefficient (Wildman–Crippen LogP) is 0.0990. The van der Waals surface area contributed by atoms with E-state index in [1.165, 1.54) is 19.4 Å². The first kappa shape index (κ1) is 16.2. The topological polar surface area (TPSA) is 144 Å². The number of nitrogens with two attached hydrogens (primary N) is 2. The highest BCUT2D eigenvalue weighted by Crippen LogP contribution is 2.21. The molecule has 0 aromatic heterocycles. The molecule has 1 rings (SSSR count). The number of benzene rings is 1. The second-order valence-corrected chi connectivity index (χ2v) is 3.21. The first-order valence-corrected chi connectivity index (χ1v) is 5.05. The molecule has 0 aliphatic carbocycles. The number of phenolic OH excluding ortho intramolecular Hbond substituents is 1. The molecule has 0 atom stereocenters. The van der Waals surface area contributed by atoms with Crippen molar-refractivity contribution >= 4 is 18.1 Å². The smallest absolute Gasteiger partial charge is 0.300 e. The van der Waals surface area contributed by atoms with Gasteiger partial charge in [-0.25, -0.2) is 0 Å². The van der Waals surface area contributed by atoms with Gasteiger partial charge in [-0.05, 0) is 12.1 Å². The van der Waals surface area contributed by atoms with E-state index in [1.807, 2.05) is 0 Å². The molecule has 0 unspecified atom stereocenters. The molecule has 0 aliphatic rings. The first-order valence-electron chi connectivity index (χ1n) is 5.05. The van der Waals surface area contributed by atoms with Crippen molar-refractivity contribution in [1.29, 1.82) is 0 Å². The summed E-state index contributed by atoms with van der Waals surface area (Å²) in [5.41, 5.74) is 10.6. The van der Waals surface area contributed by atoms with Gasteiger partial charge in [0.05, 0.1) is 13.3 Å². The first-order chi connectivity index (χ1) is 8.86. The average molecular weight is 268 g/mol.